The first-order chi connectivity index (χ1) is 5.27. The molecule has 56 valence electrons. The van der Waals surface area contributed by atoms with Gasteiger partial charge in [-0.25, -0.2) is 4.98 Å². The molecule has 0 aliphatic heterocycles. The van der Waals surface area contributed by atoms with Gasteiger partial charge in [0.15, 0.2) is 0 Å². The van der Waals surface area contributed by atoms with Crippen LogP contribution in [0.4, 0.5) is 0 Å². The number of aryl methyl sites for hydroxylation is 2. The van der Waals surface area contributed by atoms with E-state index in [-0.39, 0.29) is 0 Å². The number of nitrogens with zero attached hydrogens (tertiary/aromatic N) is 1. The lowest BCUT2D eigenvalue weighted by Crippen LogP contribution is -1.79. The fourth-order valence-corrected chi connectivity index (χ4v) is 1.19. The molecule has 0 aliphatic carbocycles. The fraction of sp³-hybridized carbons (Fsp3) is 0.222. The number of hydrogen-bond donors (Lipinski definition) is 1. The van der Waals surface area contributed by atoms with Gasteiger partial charge in [-0.1, -0.05) is 0 Å². The lowest BCUT2D eigenvalue weighted by Gasteiger charge is -1.97. The molecule has 0 atom stereocenters. The first kappa shape index (κ1) is 6.40. The Morgan fingerprint density at radius 2 is 1.91 bits per heavy atom. The fourth-order valence-electron chi connectivity index (χ4n) is 1.19. The number of imidazole rings is 1. The Morgan fingerprint density at radius 1 is 1.18 bits per heavy atom. The van der Waals surface area contributed by atoms with Gasteiger partial charge in [-0.2, -0.15) is 0 Å². The van der Waals surface area contributed by atoms with Crippen molar-refractivity contribution in [2.24, 2.45) is 0 Å². The highest BCUT2D eigenvalue weighted by molar-refractivity contribution is 5.76. The molecule has 0 unspecified atom stereocenters. The second-order valence-electron chi connectivity index (χ2n) is 2.86. The summed E-state index contributed by atoms with van der Waals surface area (Å²) in [5, 5.41) is 0. The minimum absolute atomic E-state index is 1.05. The third kappa shape index (κ3) is 0.909. The van der Waals surface area contributed by atoms with Gasteiger partial charge in [0, 0.05) is 0 Å². The molecule has 0 saturated heterocycles. The molecular weight excluding hydrogens is 143 g/mol. The van der Waals surface area contributed by atoms with Crippen molar-refractivity contribution in [3.63, 3.8) is 0 Å². The molecule has 0 aliphatic rings. The molecule has 2 heteroatoms. The van der Waals surface area contributed by atoms with Crippen LogP contribution in [-0.2, 0) is 0 Å². The molecule has 0 saturated carbocycles. The van der Waals surface area contributed by atoms with Crippen molar-refractivity contribution >= 4 is 11.0 Å². The van der Waals surface area contributed by atoms with Crippen molar-refractivity contribution < 1.29 is 0 Å². The van der Waals surface area contributed by atoms with Gasteiger partial charge in [-0.05, 0) is 37.1 Å². The van der Waals surface area contributed by atoms with Gasteiger partial charge in [0.05, 0.1) is 17.4 Å². The summed E-state index contributed by atoms with van der Waals surface area (Å²) in [6.07, 6.45) is 1.73. The average Bonchev–Trinajstić information content (AvgIpc) is 2.36. The Bertz CT molecular complexity index is 351. The van der Waals surface area contributed by atoms with Crippen LogP contribution in [0.1, 0.15) is 11.1 Å². The number of hydrogen-bond acceptors (Lipinski definition) is 1. The van der Waals surface area contributed by atoms with Crippen molar-refractivity contribution in [1.29, 1.82) is 0 Å². The minimum Gasteiger partial charge on any atom is -0.345 e. The van der Waals surface area contributed by atoms with Crippen LogP contribution >= 0.6 is 0 Å². The van der Waals surface area contributed by atoms with Crippen molar-refractivity contribution in [2.75, 3.05) is 0 Å². The summed E-state index contributed by atoms with van der Waals surface area (Å²) >= 11 is 0. The summed E-state index contributed by atoms with van der Waals surface area (Å²) < 4.78 is 0. The van der Waals surface area contributed by atoms with E-state index >= 15 is 0 Å². The van der Waals surface area contributed by atoms with Gasteiger partial charge in [0.2, 0.25) is 0 Å². The molecule has 2 rings (SSSR count). The molecule has 1 N–H and O–H groups in total. The minimum atomic E-state index is 1.05. The molecule has 0 spiro atoms. The van der Waals surface area contributed by atoms with E-state index in [1.165, 1.54) is 11.1 Å². The number of aromatic amines is 1. The number of benzene rings is 1. The SMILES string of the molecule is C[13c]1[13cH][13c]2n[13cH][nH][13c]2[13cH][13c]1C. The molecule has 0 amide bonds. The molecule has 0 radical (unpaired) electrons. The van der Waals surface area contributed by atoms with Gasteiger partial charge in [0.25, 0.3) is 0 Å². The molecule has 2 aromatic rings. The Kier molecular flexibility index (Phi) is 1.22. The zero-order valence-electron chi connectivity index (χ0n) is 6.68. The van der Waals surface area contributed by atoms with Gasteiger partial charge in [-0.3, -0.25) is 0 Å². The number of rotatable bonds is 0. The molecular formula is C9H10N2. The maximum absolute atomic E-state index is 4.17. The standard InChI is InChI=1S/C9H10N2/c1-6-3-8-9(4-7(6)2)11-5-10-8/h3-5H,1-2H3,(H,10,11)/i3+1,4+1,5+1,6+1,7+1,8+1,9+1. The highest BCUT2D eigenvalue weighted by Crippen LogP contribution is 2.14. The summed E-state index contributed by atoms with van der Waals surface area (Å²) in [5.74, 6) is 0. The third-order valence-electron chi connectivity index (χ3n) is 2.04. The zero-order chi connectivity index (χ0) is 7.84. The summed E-state index contributed by atoms with van der Waals surface area (Å²) in [4.78, 5) is 7.24. The van der Waals surface area contributed by atoms with E-state index in [0.29, 0.717) is 0 Å². The lowest BCUT2D eigenvalue weighted by atomic mass is 10.9. The first-order valence-corrected chi connectivity index (χ1v) is 3.68. The van der Waals surface area contributed by atoms with Crippen LogP contribution in [0.15, 0.2) is 18.5 Å². The largest absolute Gasteiger partial charge is 0.345 e. The van der Waals surface area contributed by atoms with E-state index in [9.17, 15) is 0 Å². The first-order valence-electron chi connectivity index (χ1n) is 3.68. The van der Waals surface area contributed by atoms with Crippen molar-refractivity contribution in [3.05, 3.63) is 29.6 Å². The quantitative estimate of drug-likeness (QED) is 0.617. The molecule has 0 bridgehead atoms. The van der Waals surface area contributed by atoms with Crippen LogP contribution in [0, 0.1) is 13.8 Å². The van der Waals surface area contributed by atoms with E-state index < -0.39 is 0 Å². The molecule has 0 fully saturated rings. The van der Waals surface area contributed by atoms with E-state index in [1.807, 2.05) is 0 Å². The maximum Gasteiger partial charge on any atom is 0.0931 e. The smallest absolute Gasteiger partial charge is 0.0931 e. The monoisotopic (exact) mass is 153 g/mol. The van der Waals surface area contributed by atoms with Crippen molar-refractivity contribution in [3.8, 4) is 0 Å². The third-order valence-corrected chi connectivity index (χ3v) is 2.04. The summed E-state index contributed by atoms with van der Waals surface area (Å²) in [6.45, 7) is 4.21. The molecule has 1 heterocycles. The van der Waals surface area contributed by atoms with E-state index in [2.05, 4.69) is 35.9 Å². The Balaban J connectivity index is 2.86. The number of aromatic nitrogens is 2. The van der Waals surface area contributed by atoms with E-state index in [1.54, 1.807) is 6.33 Å². The van der Waals surface area contributed by atoms with Crippen molar-refractivity contribution in [1.82, 2.24) is 9.97 Å². The van der Waals surface area contributed by atoms with Gasteiger partial charge >= 0.3 is 0 Å². The second-order valence-corrected chi connectivity index (χ2v) is 2.86. The van der Waals surface area contributed by atoms with Crippen LogP contribution in [0.2, 0.25) is 0 Å². The number of H-pyrrole nitrogens is 1. The highest BCUT2D eigenvalue weighted by atomic mass is 15.3. The van der Waals surface area contributed by atoms with Crippen LogP contribution in [0.3, 0.4) is 0 Å². The highest BCUT2D eigenvalue weighted by Gasteiger charge is 1.97. The van der Waals surface area contributed by atoms with Gasteiger partial charge in [0.1, 0.15) is 0 Å². The Labute approximate surface area is 65.3 Å². The second kappa shape index (κ2) is 2.09. The zero-order valence-corrected chi connectivity index (χ0v) is 6.68. The normalized spacial score (nSPS) is 10.7. The van der Waals surface area contributed by atoms with Crippen LogP contribution in [0.25, 0.3) is 11.0 Å². The predicted octanol–water partition coefficient (Wildman–Crippen LogP) is 2.18. The van der Waals surface area contributed by atoms with E-state index in [0.717, 1.165) is 11.0 Å². The topological polar surface area (TPSA) is 28.7 Å². The number of fused-ring (bicyclic) bond motifs is 1. The van der Waals surface area contributed by atoms with Crippen LogP contribution in [0.5, 0.6) is 0 Å². The maximum atomic E-state index is 4.17. The number of nitrogens with one attached hydrogen (secondary N) is 1. The lowest BCUT2D eigenvalue weighted by molar-refractivity contribution is 1.34. The average molecular weight is 153 g/mol. The van der Waals surface area contributed by atoms with Gasteiger partial charge < -0.3 is 4.98 Å². The molecule has 11 heavy (non-hydrogen) atoms. The summed E-state index contributed by atoms with van der Waals surface area (Å²) in [5.41, 5.74) is 4.77. The summed E-state index contributed by atoms with van der Waals surface area (Å²) in [6, 6.07) is 4.22. The molecule has 2 nitrogen and oxygen atoms in total. The summed E-state index contributed by atoms with van der Waals surface area (Å²) in [7, 11) is 0. The molecule has 1 aromatic carbocycles. The van der Waals surface area contributed by atoms with Gasteiger partial charge in [-0.15, -0.1) is 0 Å². The van der Waals surface area contributed by atoms with E-state index in [4.69, 9.17) is 0 Å². The van der Waals surface area contributed by atoms with Crippen LogP contribution < -0.4 is 0 Å². The van der Waals surface area contributed by atoms with Crippen molar-refractivity contribution in [2.45, 2.75) is 13.8 Å². The predicted molar refractivity (Wildman–Crippen MR) is 45.6 cm³/mol. The molecule has 1 aromatic heterocycles. The van der Waals surface area contributed by atoms with Crippen LogP contribution in [-0.4, -0.2) is 9.97 Å². The Morgan fingerprint density at radius 3 is 2.73 bits per heavy atom. The Hall–Kier alpha value is -1.31.